The topological polar surface area (TPSA) is 186 Å². The van der Waals surface area contributed by atoms with Gasteiger partial charge in [-0.3, -0.25) is 14.1 Å². The fraction of sp³-hybridized carbons (Fsp3) is 0.918. The number of allylic oxidation sites excluding steroid dienone is 2. The van der Waals surface area contributed by atoms with E-state index in [-0.39, 0.29) is 19.4 Å². The fourth-order valence-electron chi connectivity index (χ4n) is 7.91. The molecule has 0 aromatic heterocycles. The summed E-state index contributed by atoms with van der Waals surface area (Å²) in [5.74, 6) is -1.98. The zero-order valence-corrected chi connectivity index (χ0v) is 40.1. The van der Waals surface area contributed by atoms with Gasteiger partial charge in [-0.15, -0.1) is 0 Å². The van der Waals surface area contributed by atoms with E-state index in [0.717, 1.165) is 57.8 Å². The largest absolute Gasteiger partial charge is 0.462 e. The lowest BCUT2D eigenvalue weighted by Crippen LogP contribution is -2.60. The Morgan fingerprint density at radius 3 is 1.34 bits per heavy atom. The van der Waals surface area contributed by atoms with Gasteiger partial charge < -0.3 is 34.3 Å². The van der Waals surface area contributed by atoms with Crippen LogP contribution in [0.15, 0.2) is 12.2 Å². The maximum absolute atomic E-state index is 12.8. The molecule has 1 rings (SSSR count). The van der Waals surface area contributed by atoms with E-state index in [2.05, 4.69) is 26.0 Å². The Bertz CT molecular complexity index is 1200. The molecule has 13 heteroatoms. The van der Waals surface area contributed by atoms with E-state index in [9.17, 15) is 37.9 Å². The van der Waals surface area contributed by atoms with Crippen LogP contribution >= 0.6 is 0 Å². The summed E-state index contributed by atoms with van der Waals surface area (Å²) in [7, 11) is -4.60. The van der Waals surface area contributed by atoms with Crippen molar-refractivity contribution in [2.45, 2.75) is 269 Å². The highest BCUT2D eigenvalue weighted by Crippen LogP contribution is 2.24. The highest BCUT2D eigenvalue weighted by atomic mass is 32.2. The monoisotopic (exact) mass is 905 g/mol. The van der Waals surface area contributed by atoms with E-state index in [4.69, 9.17) is 18.9 Å². The minimum Gasteiger partial charge on any atom is -0.462 e. The molecule has 12 nitrogen and oxygen atoms in total. The fourth-order valence-corrected chi connectivity index (χ4v) is 8.60. The van der Waals surface area contributed by atoms with Crippen molar-refractivity contribution < 1.29 is 56.8 Å². The number of aliphatic hydroxyl groups excluding tert-OH is 3. The van der Waals surface area contributed by atoms with Crippen molar-refractivity contribution in [2.75, 3.05) is 19.0 Å². The standard InChI is InChI=1S/C49H92O12S/c1-3-5-7-9-11-13-15-17-19-20-21-22-24-25-27-29-31-33-35-37-44(50)58-39-42(40-59-49-48(54)47(53)46(52)43(61-49)41-62(55,56)57)60-45(51)38-36-34-32-30-28-26-23-18-16-14-12-10-8-6-4-2/h18,23,42-43,46-49,52-54H,3-17,19-22,24-41H2,1-2H3,(H,55,56,57)/b23-18-. The highest BCUT2D eigenvalue weighted by Gasteiger charge is 2.46. The molecule has 0 bridgehead atoms. The lowest BCUT2D eigenvalue weighted by Gasteiger charge is -2.40. The summed E-state index contributed by atoms with van der Waals surface area (Å²) in [4.78, 5) is 25.5. The molecule has 6 unspecified atom stereocenters. The Kier molecular flexibility index (Phi) is 37.4. The van der Waals surface area contributed by atoms with Crippen molar-refractivity contribution in [3.63, 3.8) is 0 Å². The van der Waals surface area contributed by atoms with Crippen LogP contribution in [0.2, 0.25) is 0 Å². The van der Waals surface area contributed by atoms with Gasteiger partial charge in [0.1, 0.15) is 36.8 Å². The molecule has 366 valence electrons. The molecule has 0 aromatic rings. The molecule has 1 heterocycles. The third-order valence-electron chi connectivity index (χ3n) is 11.8. The molecule has 0 spiro atoms. The number of carbonyl (C=O) groups excluding carboxylic acids is 2. The predicted molar refractivity (Wildman–Crippen MR) is 247 cm³/mol. The van der Waals surface area contributed by atoms with E-state index < -0.39 is 71.2 Å². The molecule has 0 aliphatic carbocycles. The Labute approximate surface area is 377 Å². The van der Waals surface area contributed by atoms with E-state index >= 15 is 0 Å². The number of aliphatic hydroxyl groups is 3. The van der Waals surface area contributed by atoms with Crippen molar-refractivity contribution in [2.24, 2.45) is 0 Å². The number of unbranched alkanes of at least 4 members (excludes halogenated alkanes) is 29. The summed E-state index contributed by atoms with van der Waals surface area (Å²) < 4.78 is 54.2. The molecule has 1 saturated heterocycles. The molecular formula is C49H92O12S. The van der Waals surface area contributed by atoms with Crippen molar-refractivity contribution in [1.29, 1.82) is 0 Å². The first-order valence-electron chi connectivity index (χ1n) is 25.2. The van der Waals surface area contributed by atoms with E-state index in [1.54, 1.807) is 0 Å². The summed E-state index contributed by atoms with van der Waals surface area (Å²) in [6.45, 7) is 3.78. The van der Waals surface area contributed by atoms with Crippen LogP contribution in [-0.4, -0.2) is 96.0 Å². The summed E-state index contributed by atoms with van der Waals surface area (Å²) in [6.07, 6.45) is 33.9. The van der Waals surface area contributed by atoms with Gasteiger partial charge >= 0.3 is 11.9 Å². The summed E-state index contributed by atoms with van der Waals surface area (Å²) >= 11 is 0. The van der Waals surface area contributed by atoms with Gasteiger partial charge in [0.25, 0.3) is 10.1 Å². The van der Waals surface area contributed by atoms with Gasteiger partial charge in [0.2, 0.25) is 0 Å². The van der Waals surface area contributed by atoms with Crippen LogP contribution in [0.4, 0.5) is 0 Å². The number of rotatable bonds is 43. The van der Waals surface area contributed by atoms with Crippen molar-refractivity contribution in [3.8, 4) is 0 Å². The van der Waals surface area contributed by atoms with Gasteiger partial charge in [-0.2, -0.15) is 8.42 Å². The molecule has 1 aliphatic rings. The van der Waals surface area contributed by atoms with Crippen LogP contribution in [-0.2, 0) is 38.7 Å². The first-order valence-corrected chi connectivity index (χ1v) is 26.9. The van der Waals surface area contributed by atoms with Gasteiger partial charge in [0, 0.05) is 12.8 Å². The van der Waals surface area contributed by atoms with Crippen LogP contribution in [0.1, 0.15) is 232 Å². The Hall–Kier alpha value is -1.61. The quantitative estimate of drug-likeness (QED) is 0.0197. The first kappa shape index (κ1) is 58.4. The number of ether oxygens (including phenoxy) is 4. The molecule has 0 saturated carbocycles. The second-order valence-electron chi connectivity index (χ2n) is 17.8. The molecule has 6 atom stereocenters. The molecule has 4 N–H and O–H groups in total. The smallest absolute Gasteiger partial charge is 0.306 e. The number of hydrogen-bond acceptors (Lipinski definition) is 11. The van der Waals surface area contributed by atoms with Gasteiger partial charge in [-0.05, 0) is 38.5 Å². The minimum absolute atomic E-state index is 0.159. The highest BCUT2D eigenvalue weighted by molar-refractivity contribution is 7.85. The van der Waals surface area contributed by atoms with Crippen LogP contribution in [0.5, 0.6) is 0 Å². The summed E-state index contributed by atoms with van der Waals surface area (Å²) in [5.41, 5.74) is 0. The second-order valence-corrected chi connectivity index (χ2v) is 19.3. The summed E-state index contributed by atoms with van der Waals surface area (Å²) in [5, 5.41) is 30.9. The minimum atomic E-state index is -4.60. The molecule has 1 fully saturated rings. The first-order chi connectivity index (χ1) is 30.0. The van der Waals surface area contributed by atoms with Gasteiger partial charge in [0.05, 0.1) is 6.61 Å². The van der Waals surface area contributed by atoms with E-state index in [1.807, 2.05) is 0 Å². The molecule has 0 amide bonds. The van der Waals surface area contributed by atoms with Crippen molar-refractivity contribution in [3.05, 3.63) is 12.2 Å². The number of carbonyl (C=O) groups is 2. The third kappa shape index (κ3) is 33.8. The lowest BCUT2D eigenvalue weighted by atomic mass is 10.00. The molecule has 0 radical (unpaired) electrons. The van der Waals surface area contributed by atoms with Crippen LogP contribution in [0, 0.1) is 0 Å². The van der Waals surface area contributed by atoms with Crippen molar-refractivity contribution in [1.82, 2.24) is 0 Å². The lowest BCUT2D eigenvalue weighted by molar-refractivity contribution is -0.297. The molecule has 0 aromatic carbocycles. The van der Waals surface area contributed by atoms with Crippen LogP contribution < -0.4 is 0 Å². The average Bonchev–Trinajstić information content (AvgIpc) is 3.24. The van der Waals surface area contributed by atoms with Crippen molar-refractivity contribution >= 4 is 22.1 Å². The SMILES string of the molecule is CCCCCCCC/C=C\CCCCCCCC(=O)OC(COC(=O)CCCCCCCCCCCCCCCCCCCCC)COC1OC(CS(=O)(=O)O)C(O)C(O)C1O. The molecule has 62 heavy (non-hydrogen) atoms. The van der Waals surface area contributed by atoms with E-state index in [1.165, 1.54) is 135 Å². The third-order valence-corrected chi connectivity index (χ3v) is 12.6. The maximum Gasteiger partial charge on any atom is 0.306 e. The molecule has 1 aliphatic heterocycles. The Balaban J connectivity index is 2.37. The van der Waals surface area contributed by atoms with Crippen LogP contribution in [0.3, 0.4) is 0 Å². The Morgan fingerprint density at radius 1 is 0.532 bits per heavy atom. The van der Waals surface area contributed by atoms with Gasteiger partial charge in [-0.25, -0.2) is 0 Å². The predicted octanol–water partition coefficient (Wildman–Crippen LogP) is 11.0. The molecular weight excluding hydrogens is 813 g/mol. The normalized spacial score (nSPS) is 19.9. The zero-order chi connectivity index (χ0) is 45.5. The zero-order valence-electron chi connectivity index (χ0n) is 39.2. The number of esters is 2. The second kappa shape index (κ2) is 39.7. The Morgan fingerprint density at radius 2 is 0.919 bits per heavy atom. The van der Waals surface area contributed by atoms with E-state index in [0.29, 0.717) is 12.8 Å². The van der Waals surface area contributed by atoms with Gasteiger partial charge in [-0.1, -0.05) is 193 Å². The average molecular weight is 905 g/mol. The van der Waals surface area contributed by atoms with Crippen LogP contribution in [0.25, 0.3) is 0 Å². The number of hydrogen-bond donors (Lipinski definition) is 4. The maximum atomic E-state index is 12.8. The van der Waals surface area contributed by atoms with Gasteiger partial charge in [0.15, 0.2) is 12.4 Å². The summed E-state index contributed by atoms with van der Waals surface area (Å²) in [6, 6.07) is 0.